The van der Waals surface area contributed by atoms with E-state index in [2.05, 4.69) is 10.6 Å². The number of ether oxygens (including phenoxy) is 1. The molecule has 6 heteroatoms. The average molecular weight is 331 g/mol. The first-order valence-electron chi connectivity index (χ1n) is 7.17. The van der Waals surface area contributed by atoms with E-state index in [4.69, 9.17) is 16.3 Å². The maximum absolute atomic E-state index is 12.2. The van der Waals surface area contributed by atoms with Crippen molar-refractivity contribution in [2.45, 2.75) is 19.4 Å². The number of esters is 1. The third-order valence-corrected chi connectivity index (χ3v) is 4.05. The van der Waals surface area contributed by atoms with Crippen LogP contribution in [0.1, 0.15) is 12.0 Å². The minimum absolute atomic E-state index is 0.0286. The van der Waals surface area contributed by atoms with Crippen LogP contribution in [0.5, 0.6) is 5.75 Å². The molecule has 118 valence electrons. The zero-order chi connectivity index (χ0) is 16.4. The molecule has 2 aromatic rings. The molecule has 0 saturated heterocycles. The fraction of sp³-hybridized carbons (Fsp3) is 0.176. The van der Waals surface area contributed by atoms with Gasteiger partial charge in [0.15, 0.2) is 5.75 Å². The molecule has 1 aliphatic rings. The molecule has 0 aromatic heterocycles. The van der Waals surface area contributed by atoms with Gasteiger partial charge in [-0.1, -0.05) is 29.8 Å². The first-order valence-corrected chi connectivity index (χ1v) is 7.54. The van der Waals surface area contributed by atoms with Crippen LogP contribution in [0.25, 0.3) is 0 Å². The maximum Gasteiger partial charge on any atom is 0.334 e. The standard InChI is InChI=1S/C17H15ClN2O3/c1-10-11(18)5-4-7-12(10)20-16(21)9-14-17(22)23-15-8-3-2-6-13(15)19-14/h2-8,14,19H,9H2,1H3,(H,20,21). The van der Waals surface area contributed by atoms with Crippen molar-refractivity contribution < 1.29 is 14.3 Å². The van der Waals surface area contributed by atoms with Crippen molar-refractivity contribution in [3.8, 4) is 5.75 Å². The number of hydrogen-bond acceptors (Lipinski definition) is 4. The van der Waals surface area contributed by atoms with Crippen molar-refractivity contribution in [1.82, 2.24) is 0 Å². The van der Waals surface area contributed by atoms with E-state index in [1.165, 1.54) is 0 Å². The van der Waals surface area contributed by atoms with Crippen LogP contribution in [0.4, 0.5) is 11.4 Å². The number of amides is 1. The summed E-state index contributed by atoms with van der Waals surface area (Å²) in [6, 6.07) is 11.7. The molecule has 1 amide bonds. The topological polar surface area (TPSA) is 67.4 Å². The Morgan fingerprint density at radius 3 is 2.87 bits per heavy atom. The molecule has 2 N–H and O–H groups in total. The second-order valence-electron chi connectivity index (χ2n) is 5.28. The van der Waals surface area contributed by atoms with Gasteiger partial charge in [-0.15, -0.1) is 0 Å². The largest absolute Gasteiger partial charge is 0.423 e. The van der Waals surface area contributed by atoms with Crippen LogP contribution in [0, 0.1) is 6.92 Å². The Morgan fingerprint density at radius 1 is 1.26 bits per heavy atom. The molecule has 0 radical (unpaired) electrons. The first-order chi connectivity index (χ1) is 11.0. The Balaban J connectivity index is 1.69. The Hall–Kier alpha value is -2.53. The van der Waals surface area contributed by atoms with Gasteiger partial charge in [-0.25, -0.2) is 4.79 Å². The average Bonchev–Trinajstić information content (AvgIpc) is 2.52. The van der Waals surface area contributed by atoms with Gasteiger partial charge < -0.3 is 15.4 Å². The van der Waals surface area contributed by atoms with Crippen LogP contribution < -0.4 is 15.4 Å². The van der Waals surface area contributed by atoms with E-state index in [9.17, 15) is 9.59 Å². The van der Waals surface area contributed by atoms with Gasteiger partial charge in [0.1, 0.15) is 6.04 Å². The molecular weight excluding hydrogens is 316 g/mol. The van der Waals surface area contributed by atoms with Crippen LogP contribution in [-0.2, 0) is 9.59 Å². The van der Waals surface area contributed by atoms with Crippen LogP contribution in [-0.4, -0.2) is 17.9 Å². The second kappa shape index (κ2) is 6.30. The van der Waals surface area contributed by atoms with Crippen molar-refractivity contribution in [3.63, 3.8) is 0 Å². The van der Waals surface area contributed by atoms with Crippen molar-refractivity contribution in [1.29, 1.82) is 0 Å². The van der Waals surface area contributed by atoms with Gasteiger partial charge in [0.2, 0.25) is 5.91 Å². The lowest BCUT2D eigenvalue weighted by molar-refractivity contribution is -0.137. The minimum Gasteiger partial charge on any atom is -0.423 e. The Kier molecular flexibility index (Phi) is 4.21. The molecule has 0 saturated carbocycles. The molecular formula is C17H15ClN2O3. The van der Waals surface area contributed by atoms with Gasteiger partial charge in [-0.3, -0.25) is 4.79 Å². The normalized spacial score (nSPS) is 16.1. The number of carbonyl (C=O) groups is 2. The molecule has 0 aliphatic carbocycles. The lowest BCUT2D eigenvalue weighted by Crippen LogP contribution is -2.39. The number of anilines is 2. The number of para-hydroxylation sites is 2. The number of rotatable bonds is 3. The van der Waals surface area contributed by atoms with Crippen molar-refractivity contribution in [2.75, 3.05) is 10.6 Å². The number of fused-ring (bicyclic) bond motifs is 1. The molecule has 23 heavy (non-hydrogen) atoms. The van der Waals surface area contributed by atoms with E-state index >= 15 is 0 Å². The summed E-state index contributed by atoms with van der Waals surface area (Å²) in [6.45, 7) is 1.82. The molecule has 1 unspecified atom stereocenters. The molecule has 1 atom stereocenters. The quantitative estimate of drug-likeness (QED) is 0.669. The summed E-state index contributed by atoms with van der Waals surface area (Å²) in [4.78, 5) is 24.2. The SMILES string of the molecule is Cc1c(Cl)cccc1NC(=O)CC1Nc2ccccc2OC1=O. The lowest BCUT2D eigenvalue weighted by Gasteiger charge is -2.25. The predicted octanol–water partition coefficient (Wildman–Crippen LogP) is 3.38. The molecule has 0 spiro atoms. The monoisotopic (exact) mass is 330 g/mol. The molecule has 1 heterocycles. The number of carbonyl (C=O) groups excluding carboxylic acids is 2. The van der Waals surface area contributed by atoms with Gasteiger partial charge in [-0.05, 0) is 36.8 Å². The van der Waals surface area contributed by atoms with Gasteiger partial charge in [0.05, 0.1) is 12.1 Å². The zero-order valence-corrected chi connectivity index (χ0v) is 13.2. The molecule has 2 aromatic carbocycles. The van der Waals surface area contributed by atoms with Gasteiger partial charge in [0, 0.05) is 10.7 Å². The molecule has 3 rings (SSSR count). The van der Waals surface area contributed by atoms with Crippen molar-refractivity contribution in [3.05, 3.63) is 53.1 Å². The lowest BCUT2D eigenvalue weighted by atomic mass is 10.1. The third-order valence-electron chi connectivity index (χ3n) is 3.64. The Morgan fingerprint density at radius 2 is 2.04 bits per heavy atom. The highest BCUT2D eigenvalue weighted by Gasteiger charge is 2.29. The van der Waals surface area contributed by atoms with Crippen LogP contribution in [0.2, 0.25) is 5.02 Å². The maximum atomic E-state index is 12.2. The second-order valence-corrected chi connectivity index (χ2v) is 5.69. The van der Waals surface area contributed by atoms with E-state index in [-0.39, 0.29) is 12.3 Å². The molecule has 0 bridgehead atoms. The van der Waals surface area contributed by atoms with Crippen molar-refractivity contribution in [2.24, 2.45) is 0 Å². The van der Waals surface area contributed by atoms with E-state index in [1.54, 1.807) is 36.4 Å². The molecule has 1 aliphatic heterocycles. The van der Waals surface area contributed by atoms with Crippen molar-refractivity contribution >= 4 is 34.9 Å². The van der Waals surface area contributed by atoms with Crippen LogP contribution in [0.3, 0.4) is 0 Å². The summed E-state index contributed by atoms with van der Waals surface area (Å²) in [5.41, 5.74) is 2.11. The fourth-order valence-corrected chi connectivity index (χ4v) is 2.54. The Labute approximate surface area is 138 Å². The fourth-order valence-electron chi connectivity index (χ4n) is 2.36. The smallest absolute Gasteiger partial charge is 0.334 e. The molecule has 0 fully saturated rings. The third kappa shape index (κ3) is 3.29. The highest BCUT2D eigenvalue weighted by Crippen LogP contribution is 2.29. The highest BCUT2D eigenvalue weighted by molar-refractivity contribution is 6.31. The summed E-state index contributed by atoms with van der Waals surface area (Å²) in [7, 11) is 0. The van der Waals surface area contributed by atoms with E-state index < -0.39 is 12.0 Å². The number of halogens is 1. The van der Waals surface area contributed by atoms with E-state index in [1.807, 2.05) is 13.0 Å². The summed E-state index contributed by atoms with van der Waals surface area (Å²) >= 11 is 6.03. The van der Waals surface area contributed by atoms with Crippen LogP contribution in [0.15, 0.2) is 42.5 Å². The summed E-state index contributed by atoms with van der Waals surface area (Å²) in [5, 5.41) is 6.38. The first kappa shape index (κ1) is 15.4. The number of nitrogens with one attached hydrogen (secondary N) is 2. The minimum atomic E-state index is -0.718. The highest BCUT2D eigenvalue weighted by atomic mass is 35.5. The summed E-state index contributed by atoms with van der Waals surface area (Å²) < 4.78 is 5.24. The van der Waals surface area contributed by atoms with E-state index in [0.29, 0.717) is 22.1 Å². The summed E-state index contributed by atoms with van der Waals surface area (Å²) in [5.74, 6) is -0.286. The van der Waals surface area contributed by atoms with E-state index in [0.717, 1.165) is 5.56 Å². The van der Waals surface area contributed by atoms with Crippen LogP contribution >= 0.6 is 11.6 Å². The molecule has 5 nitrogen and oxygen atoms in total. The zero-order valence-electron chi connectivity index (χ0n) is 12.4. The Bertz CT molecular complexity index is 776. The predicted molar refractivity (Wildman–Crippen MR) is 88.9 cm³/mol. The number of benzene rings is 2. The van der Waals surface area contributed by atoms with Gasteiger partial charge in [-0.2, -0.15) is 0 Å². The van der Waals surface area contributed by atoms with Gasteiger partial charge in [0.25, 0.3) is 0 Å². The summed E-state index contributed by atoms with van der Waals surface area (Å²) in [6.07, 6.45) is -0.0286. The number of hydrogen-bond donors (Lipinski definition) is 2. The van der Waals surface area contributed by atoms with Gasteiger partial charge >= 0.3 is 5.97 Å².